The highest BCUT2D eigenvalue weighted by atomic mass is 127. The zero-order valence-electron chi connectivity index (χ0n) is 16.8. The van der Waals surface area contributed by atoms with Gasteiger partial charge in [0.15, 0.2) is 5.96 Å². The predicted molar refractivity (Wildman–Crippen MR) is 131 cm³/mol. The molecule has 0 bridgehead atoms. The van der Waals surface area contributed by atoms with E-state index in [0.717, 1.165) is 21.9 Å². The fourth-order valence-corrected chi connectivity index (χ4v) is 2.68. The molecule has 0 aliphatic heterocycles. The molecule has 3 aromatic rings. The zero-order chi connectivity index (χ0) is 20.5. The Labute approximate surface area is 198 Å². The van der Waals surface area contributed by atoms with E-state index in [0.29, 0.717) is 30.7 Å². The number of nitrogens with zero attached hydrogens (tertiary/aromatic N) is 2. The Hall–Kier alpha value is -2.52. The first kappa shape index (κ1) is 23.8. The van der Waals surface area contributed by atoms with Crippen LogP contribution in [0.4, 0.5) is 0 Å². The van der Waals surface area contributed by atoms with Crippen LogP contribution in [0.1, 0.15) is 11.1 Å². The molecule has 8 heteroatoms. The molecule has 1 heterocycles. The molecule has 3 rings (SSSR count). The Kier molecular flexibility index (Phi) is 9.69. The lowest BCUT2D eigenvalue weighted by Gasteiger charge is -2.12. The number of aliphatic imine (C=N–C) groups is 1. The Balaban J connectivity index is 0.00000320. The monoisotopic (exact) mass is 538 g/mol. The number of halogens is 2. The van der Waals surface area contributed by atoms with Gasteiger partial charge in [-0.15, -0.1) is 24.0 Å². The summed E-state index contributed by atoms with van der Waals surface area (Å²) in [5.74, 6) is 2.64. The van der Waals surface area contributed by atoms with Crippen LogP contribution in [0.15, 0.2) is 71.9 Å². The van der Waals surface area contributed by atoms with Gasteiger partial charge in [-0.05, 0) is 35.4 Å². The number of hydrogen-bond donors (Lipinski definition) is 2. The smallest absolute Gasteiger partial charge is 0.219 e. The molecule has 0 unspecified atom stereocenters. The van der Waals surface area contributed by atoms with Crippen LogP contribution >= 0.6 is 35.6 Å². The van der Waals surface area contributed by atoms with E-state index < -0.39 is 0 Å². The number of methoxy groups -OCH3 is 1. The molecule has 0 spiro atoms. The van der Waals surface area contributed by atoms with Crippen LogP contribution in [-0.4, -0.2) is 25.1 Å². The summed E-state index contributed by atoms with van der Waals surface area (Å²) in [6.07, 6.45) is 1.77. The van der Waals surface area contributed by atoms with Gasteiger partial charge in [-0.2, -0.15) is 0 Å². The number of hydrogen-bond acceptors (Lipinski definition) is 4. The first-order chi connectivity index (χ1) is 14.2. The van der Waals surface area contributed by atoms with Gasteiger partial charge in [0.05, 0.1) is 7.11 Å². The molecule has 0 atom stereocenters. The van der Waals surface area contributed by atoms with Crippen molar-refractivity contribution in [2.45, 2.75) is 13.1 Å². The lowest BCUT2D eigenvalue weighted by Crippen LogP contribution is -2.36. The summed E-state index contributed by atoms with van der Waals surface area (Å²) in [4.78, 5) is 8.60. The molecule has 0 aliphatic rings. The average molecular weight is 539 g/mol. The molecule has 1 aromatic heterocycles. The van der Waals surface area contributed by atoms with E-state index in [1.165, 1.54) is 0 Å². The maximum Gasteiger partial charge on any atom is 0.219 e. The predicted octanol–water partition coefficient (Wildman–Crippen LogP) is 5.02. The van der Waals surface area contributed by atoms with Crippen LogP contribution in [0.3, 0.4) is 0 Å². The second-order valence-electron chi connectivity index (χ2n) is 6.19. The van der Waals surface area contributed by atoms with Crippen molar-refractivity contribution < 1.29 is 9.47 Å². The van der Waals surface area contributed by atoms with Crippen molar-refractivity contribution in [3.05, 3.63) is 83.0 Å². The molecule has 0 amide bonds. The minimum absolute atomic E-state index is 0. The molecule has 6 nitrogen and oxygen atoms in total. The normalized spacial score (nSPS) is 10.7. The number of nitrogens with one attached hydrogen (secondary N) is 2. The summed E-state index contributed by atoms with van der Waals surface area (Å²) in [6.45, 7) is 1.25. The van der Waals surface area contributed by atoms with Gasteiger partial charge < -0.3 is 20.1 Å². The van der Waals surface area contributed by atoms with Gasteiger partial charge in [-0.25, -0.2) is 4.98 Å². The second-order valence-corrected chi connectivity index (χ2v) is 6.63. The third-order valence-corrected chi connectivity index (χ3v) is 4.37. The molecular weight excluding hydrogens is 515 g/mol. The van der Waals surface area contributed by atoms with Crippen LogP contribution in [-0.2, 0) is 13.1 Å². The molecule has 30 heavy (non-hydrogen) atoms. The lowest BCUT2D eigenvalue weighted by molar-refractivity contribution is 0.407. The summed E-state index contributed by atoms with van der Waals surface area (Å²) >= 11 is 5.91. The van der Waals surface area contributed by atoms with Crippen molar-refractivity contribution >= 4 is 41.5 Å². The summed E-state index contributed by atoms with van der Waals surface area (Å²) in [5, 5.41) is 7.26. The van der Waals surface area contributed by atoms with Gasteiger partial charge >= 0.3 is 0 Å². The molecule has 158 valence electrons. The highest BCUT2D eigenvalue weighted by Gasteiger charge is 2.03. The number of aromatic nitrogens is 1. The first-order valence-corrected chi connectivity index (χ1v) is 9.50. The molecule has 0 saturated carbocycles. The SMILES string of the molecule is CN=C(NCc1ccc(Cl)cc1)NCc1ccc(Oc2cccc(OC)c2)nc1.I. The summed E-state index contributed by atoms with van der Waals surface area (Å²) in [7, 11) is 3.36. The molecule has 0 radical (unpaired) electrons. The number of rotatable bonds is 7. The summed E-state index contributed by atoms with van der Waals surface area (Å²) in [6, 6.07) is 18.9. The van der Waals surface area contributed by atoms with Gasteiger partial charge in [0.25, 0.3) is 0 Å². The minimum Gasteiger partial charge on any atom is -0.497 e. The summed E-state index contributed by atoms with van der Waals surface area (Å²) in [5.41, 5.74) is 2.13. The Morgan fingerprint density at radius 1 is 0.967 bits per heavy atom. The van der Waals surface area contributed by atoms with E-state index >= 15 is 0 Å². The number of guanidine groups is 1. The highest BCUT2D eigenvalue weighted by Crippen LogP contribution is 2.23. The van der Waals surface area contributed by atoms with Crippen molar-refractivity contribution in [1.82, 2.24) is 15.6 Å². The number of pyridine rings is 1. The maximum atomic E-state index is 5.91. The van der Waals surface area contributed by atoms with Gasteiger partial charge in [-0.3, -0.25) is 4.99 Å². The maximum absolute atomic E-state index is 5.91. The van der Waals surface area contributed by atoms with Crippen molar-refractivity contribution in [3.8, 4) is 17.4 Å². The second kappa shape index (κ2) is 12.2. The van der Waals surface area contributed by atoms with Gasteiger partial charge in [0.1, 0.15) is 11.5 Å². The van der Waals surface area contributed by atoms with Crippen molar-refractivity contribution in [2.24, 2.45) is 4.99 Å². The molecule has 0 saturated heterocycles. The van der Waals surface area contributed by atoms with E-state index in [4.69, 9.17) is 21.1 Å². The zero-order valence-corrected chi connectivity index (χ0v) is 19.8. The van der Waals surface area contributed by atoms with Gasteiger partial charge in [0.2, 0.25) is 5.88 Å². The third kappa shape index (κ3) is 7.38. The Morgan fingerprint density at radius 2 is 1.63 bits per heavy atom. The van der Waals surface area contributed by atoms with E-state index in [2.05, 4.69) is 20.6 Å². The molecule has 0 fully saturated rings. The molecule has 2 aromatic carbocycles. The molecule has 2 N–H and O–H groups in total. The fraction of sp³-hybridized carbons (Fsp3) is 0.182. The first-order valence-electron chi connectivity index (χ1n) is 9.12. The number of ether oxygens (including phenoxy) is 2. The summed E-state index contributed by atoms with van der Waals surface area (Å²) < 4.78 is 11.0. The lowest BCUT2D eigenvalue weighted by atomic mass is 10.2. The van der Waals surface area contributed by atoms with Crippen LogP contribution in [0.2, 0.25) is 5.02 Å². The van der Waals surface area contributed by atoms with Gasteiger partial charge in [0, 0.05) is 43.5 Å². The molecule has 0 aliphatic carbocycles. The fourth-order valence-electron chi connectivity index (χ4n) is 2.56. The third-order valence-electron chi connectivity index (χ3n) is 4.12. The van der Waals surface area contributed by atoms with Crippen LogP contribution in [0.25, 0.3) is 0 Å². The van der Waals surface area contributed by atoms with Crippen molar-refractivity contribution in [2.75, 3.05) is 14.2 Å². The largest absolute Gasteiger partial charge is 0.497 e. The van der Waals surface area contributed by atoms with E-state index in [9.17, 15) is 0 Å². The van der Waals surface area contributed by atoms with E-state index in [1.807, 2.05) is 60.7 Å². The van der Waals surface area contributed by atoms with Crippen LogP contribution in [0.5, 0.6) is 17.4 Å². The highest BCUT2D eigenvalue weighted by molar-refractivity contribution is 14.0. The topological polar surface area (TPSA) is 67.8 Å². The van der Waals surface area contributed by atoms with Crippen molar-refractivity contribution in [3.63, 3.8) is 0 Å². The van der Waals surface area contributed by atoms with E-state index in [1.54, 1.807) is 20.4 Å². The average Bonchev–Trinajstić information content (AvgIpc) is 2.76. The Morgan fingerprint density at radius 3 is 2.27 bits per heavy atom. The molecular formula is C22H24ClIN4O2. The quantitative estimate of drug-likeness (QED) is 0.251. The van der Waals surface area contributed by atoms with Crippen molar-refractivity contribution in [1.29, 1.82) is 0 Å². The van der Waals surface area contributed by atoms with Gasteiger partial charge in [-0.1, -0.05) is 35.9 Å². The number of benzene rings is 2. The Bertz CT molecular complexity index is 950. The van der Waals surface area contributed by atoms with Crippen LogP contribution < -0.4 is 20.1 Å². The van der Waals surface area contributed by atoms with Crippen LogP contribution in [0, 0.1) is 0 Å². The standard InChI is InChI=1S/C22H23ClN4O2.HI/c1-24-22(26-13-16-6-9-18(23)10-7-16)27-15-17-8-11-21(25-14-17)29-20-5-3-4-19(12-20)28-2;/h3-12,14H,13,15H2,1-2H3,(H2,24,26,27);1H. The van der Waals surface area contributed by atoms with E-state index in [-0.39, 0.29) is 24.0 Å². The minimum atomic E-state index is 0.